The number of amides is 3. The fourth-order valence-corrected chi connectivity index (χ4v) is 5.67. The van der Waals surface area contributed by atoms with Crippen molar-refractivity contribution in [2.24, 2.45) is 5.92 Å². The highest BCUT2D eigenvalue weighted by atomic mass is 16.4. The number of allylic oxidation sites excluding steroid dienone is 5. The number of benzene rings is 2. The van der Waals surface area contributed by atoms with Crippen LogP contribution in [0.1, 0.15) is 75.2 Å². The summed E-state index contributed by atoms with van der Waals surface area (Å²) in [4.78, 5) is 39.0. The molecule has 0 bridgehead atoms. The average molecular weight is 542 g/mol. The molecule has 7 nitrogen and oxygen atoms in total. The van der Waals surface area contributed by atoms with Gasteiger partial charge in [0.2, 0.25) is 0 Å². The third-order valence-electron chi connectivity index (χ3n) is 7.86. The highest BCUT2D eigenvalue weighted by Crippen LogP contribution is 2.30. The Hall–Kier alpha value is -4.13. The number of aryl methyl sites for hydroxylation is 1. The molecule has 0 saturated heterocycles. The van der Waals surface area contributed by atoms with Crippen molar-refractivity contribution in [2.75, 3.05) is 5.32 Å². The minimum Gasteiger partial charge on any atom is -0.480 e. The van der Waals surface area contributed by atoms with E-state index in [9.17, 15) is 19.5 Å². The summed E-state index contributed by atoms with van der Waals surface area (Å²) in [5, 5.41) is 18.5. The van der Waals surface area contributed by atoms with Gasteiger partial charge >= 0.3 is 12.0 Å². The third-order valence-corrected chi connectivity index (χ3v) is 7.86. The molecular weight excluding hydrogens is 502 g/mol. The minimum atomic E-state index is -1.04. The molecule has 0 unspecified atom stereocenters. The number of carbonyl (C=O) groups is 3. The number of anilines is 1. The lowest BCUT2D eigenvalue weighted by atomic mass is 9.83. The molecule has 2 aromatic carbocycles. The van der Waals surface area contributed by atoms with Gasteiger partial charge in [-0.2, -0.15) is 0 Å². The van der Waals surface area contributed by atoms with Gasteiger partial charge in [0.15, 0.2) is 0 Å². The van der Waals surface area contributed by atoms with Crippen molar-refractivity contribution < 1.29 is 19.5 Å². The number of hydrogen-bond acceptors (Lipinski definition) is 3. The Morgan fingerprint density at radius 3 is 2.35 bits per heavy atom. The van der Waals surface area contributed by atoms with Crippen molar-refractivity contribution >= 4 is 23.6 Å². The largest absolute Gasteiger partial charge is 0.480 e. The normalized spacial score (nSPS) is 16.8. The van der Waals surface area contributed by atoms with Gasteiger partial charge in [-0.3, -0.25) is 4.79 Å². The zero-order valence-corrected chi connectivity index (χ0v) is 23.8. The van der Waals surface area contributed by atoms with E-state index in [-0.39, 0.29) is 11.5 Å². The van der Waals surface area contributed by atoms with Crippen LogP contribution in [0.3, 0.4) is 0 Å². The molecule has 0 heterocycles. The van der Waals surface area contributed by atoms with Gasteiger partial charge in [0.05, 0.1) is 11.3 Å². The van der Waals surface area contributed by atoms with Crippen LogP contribution in [0.2, 0.25) is 0 Å². The molecular formula is C33H39N3O4. The van der Waals surface area contributed by atoms with Gasteiger partial charge in [0, 0.05) is 5.70 Å². The molecule has 210 valence electrons. The first-order valence-corrected chi connectivity index (χ1v) is 14.0. The van der Waals surface area contributed by atoms with Gasteiger partial charge in [-0.1, -0.05) is 67.3 Å². The lowest BCUT2D eigenvalue weighted by molar-refractivity contribution is -0.141. The quantitative estimate of drug-likeness (QED) is 0.299. The van der Waals surface area contributed by atoms with Crippen molar-refractivity contribution in [2.45, 2.75) is 72.3 Å². The number of carboxylic acid groups (broad SMARTS) is 1. The second-order valence-corrected chi connectivity index (χ2v) is 11.0. The molecule has 2 aliphatic rings. The third kappa shape index (κ3) is 6.89. The van der Waals surface area contributed by atoms with Gasteiger partial charge in [-0.15, -0.1) is 0 Å². The van der Waals surface area contributed by atoms with E-state index in [1.54, 1.807) is 12.1 Å². The number of nitrogens with one attached hydrogen (secondary N) is 3. The molecule has 4 N–H and O–H groups in total. The second kappa shape index (κ2) is 12.8. The molecule has 2 aliphatic carbocycles. The van der Waals surface area contributed by atoms with Gasteiger partial charge in [-0.25, -0.2) is 9.59 Å². The molecule has 40 heavy (non-hydrogen) atoms. The van der Waals surface area contributed by atoms with Crippen LogP contribution in [-0.2, 0) is 4.79 Å². The number of carboxylic acids is 1. The molecule has 2 aromatic rings. The van der Waals surface area contributed by atoms with Gasteiger partial charge in [-0.05, 0) is 92.8 Å². The van der Waals surface area contributed by atoms with E-state index < -0.39 is 23.9 Å². The number of urea groups is 1. The Morgan fingerprint density at radius 2 is 1.65 bits per heavy atom. The molecule has 0 aromatic heterocycles. The number of rotatable bonds is 7. The van der Waals surface area contributed by atoms with Gasteiger partial charge in [0.1, 0.15) is 6.04 Å². The fourth-order valence-electron chi connectivity index (χ4n) is 5.67. The number of hydrogen-bond donors (Lipinski definition) is 4. The maximum atomic E-state index is 13.5. The van der Waals surface area contributed by atoms with Crippen LogP contribution in [0, 0.1) is 12.8 Å². The van der Waals surface area contributed by atoms with Crippen LogP contribution in [0.4, 0.5) is 10.5 Å². The van der Waals surface area contributed by atoms with Gasteiger partial charge in [0.25, 0.3) is 5.91 Å². The molecule has 3 amide bonds. The molecule has 7 heteroatoms. The summed E-state index contributed by atoms with van der Waals surface area (Å²) in [5.41, 5.74) is 7.22. The average Bonchev–Trinajstić information content (AvgIpc) is 3.04. The maximum Gasteiger partial charge on any atom is 0.326 e. The SMILES string of the molecule is CC1=CC(C)=C(NC(=O)Nc2cc(-c3ccccc3C)ccc2C(=O)N[C@H](C(=O)O)C2CCCCC2)C(C)=CC1. The predicted octanol–water partition coefficient (Wildman–Crippen LogP) is 7.12. The highest BCUT2D eigenvalue weighted by molar-refractivity contribution is 6.05. The molecule has 0 radical (unpaired) electrons. The van der Waals surface area contributed by atoms with Crippen LogP contribution in [0.25, 0.3) is 11.1 Å². The molecule has 1 fully saturated rings. The van der Waals surface area contributed by atoms with E-state index in [2.05, 4.69) is 35.0 Å². The van der Waals surface area contributed by atoms with Crippen molar-refractivity contribution in [3.63, 3.8) is 0 Å². The fraction of sp³-hybridized carbons (Fsp3) is 0.364. The van der Waals surface area contributed by atoms with Crippen LogP contribution < -0.4 is 16.0 Å². The van der Waals surface area contributed by atoms with Crippen LogP contribution in [0.5, 0.6) is 0 Å². The van der Waals surface area contributed by atoms with Crippen LogP contribution in [-0.4, -0.2) is 29.1 Å². The highest BCUT2D eigenvalue weighted by Gasteiger charge is 2.31. The van der Waals surface area contributed by atoms with Crippen molar-refractivity contribution in [3.05, 3.63) is 88.2 Å². The van der Waals surface area contributed by atoms with E-state index in [1.807, 2.05) is 51.1 Å². The molecule has 0 spiro atoms. The topological polar surface area (TPSA) is 108 Å². The van der Waals surface area contributed by atoms with E-state index in [0.29, 0.717) is 5.69 Å². The summed E-state index contributed by atoms with van der Waals surface area (Å²) < 4.78 is 0. The predicted molar refractivity (Wildman–Crippen MR) is 159 cm³/mol. The first-order chi connectivity index (χ1) is 19.1. The first kappa shape index (κ1) is 28.9. The monoisotopic (exact) mass is 541 g/mol. The van der Waals surface area contributed by atoms with E-state index in [0.717, 1.165) is 72.1 Å². The molecule has 1 saturated carbocycles. The van der Waals surface area contributed by atoms with Gasteiger partial charge < -0.3 is 21.1 Å². The van der Waals surface area contributed by atoms with Crippen molar-refractivity contribution in [1.82, 2.24) is 10.6 Å². The summed E-state index contributed by atoms with van der Waals surface area (Å²) in [6.07, 6.45) is 9.48. The zero-order valence-electron chi connectivity index (χ0n) is 23.8. The summed E-state index contributed by atoms with van der Waals surface area (Å²) in [7, 11) is 0. The van der Waals surface area contributed by atoms with Crippen LogP contribution in [0.15, 0.2) is 77.0 Å². The Morgan fingerprint density at radius 1 is 0.925 bits per heavy atom. The smallest absolute Gasteiger partial charge is 0.326 e. The lowest BCUT2D eigenvalue weighted by Crippen LogP contribution is -2.46. The second-order valence-electron chi connectivity index (χ2n) is 11.0. The first-order valence-electron chi connectivity index (χ1n) is 14.0. The standard InChI is InChI=1S/C33H39N3O4/c1-20-14-15-22(3)29(23(4)18-20)36-33(40)34-28-19-25(26-13-9-8-10-21(26)2)16-17-27(28)31(37)35-30(32(38)39)24-11-6-5-7-12-24/h8-10,13,15-19,24,30H,5-7,11-12,14H2,1-4H3,(H,35,37)(H,38,39)(H2,34,36,40)/t30-/m0/s1. The molecule has 4 rings (SSSR count). The van der Waals surface area contributed by atoms with E-state index in [1.165, 1.54) is 5.57 Å². The summed E-state index contributed by atoms with van der Waals surface area (Å²) >= 11 is 0. The molecule has 1 atom stereocenters. The summed E-state index contributed by atoms with van der Waals surface area (Å²) in [6, 6.07) is 11.7. The number of aliphatic carboxylic acids is 1. The Kier molecular flexibility index (Phi) is 9.25. The minimum absolute atomic E-state index is 0.113. The summed E-state index contributed by atoms with van der Waals surface area (Å²) in [5.74, 6) is -1.67. The lowest BCUT2D eigenvalue weighted by Gasteiger charge is -2.28. The summed E-state index contributed by atoms with van der Waals surface area (Å²) in [6.45, 7) is 7.97. The zero-order chi connectivity index (χ0) is 28.8. The van der Waals surface area contributed by atoms with E-state index in [4.69, 9.17) is 0 Å². The van der Waals surface area contributed by atoms with Crippen molar-refractivity contribution in [1.29, 1.82) is 0 Å². The van der Waals surface area contributed by atoms with Crippen LogP contribution >= 0.6 is 0 Å². The van der Waals surface area contributed by atoms with E-state index >= 15 is 0 Å². The van der Waals surface area contributed by atoms with Crippen molar-refractivity contribution in [3.8, 4) is 11.1 Å². The Balaban J connectivity index is 1.66. The number of carbonyl (C=O) groups excluding carboxylic acids is 2. The Labute approximate surface area is 236 Å². The maximum absolute atomic E-state index is 13.5. The molecule has 0 aliphatic heterocycles. The Bertz CT molecular complexity index is 1400.